The van der Waals surface area contributed by atoms with E-state index in [2.05, 4.69) is 25.8 Å². The van der Waals surface area contributed by atoms with E-state index in [1.807, 2.05) is 12.1 Å². The van der Waals surface area contributed by atoms with Crippen LogP contribution in [-0.4, -0.2) is 58.7 Å². The molecule has 0 bridgehead atoms. The summed E-state index contributed by atoms with van der Waals surface area (Å²) in [7, 11) is 1.62. The Morgan fingerprint density at radius 1 is 1.25 bits per heavy atom. The van der Waals surface area contributed by atoms with E-state index < -0.39 is 11.9 Å². The van der Waals surface area contributed by atoms with Crippen LogP contribution in [-0.2, 0) is 9.47 Å². The first kappa shape index (κ1) is 20.3. The molecule has 0 saturated heterocycles. The van der Waals surface area contributed by atoms with Crippen molar-refractivity contribution in [3.05, 3.63) is 65.0 Å². The van der Waals surface area contributed by atoms with Gasteiger partial charge in [-0.3, -0.25) is 4.98 Å². The number of hydrogen-bond acceptors (Lipinski definition) is 7. The number of aromatic nitrogens is 5. The smallest absolute Gasteiger partial charge is 0.178 e. The molecule has 2 heterocycles. The number of hydrogen-bond donors (Lipinski definition) is 1. The SMILES string of the molecule is COCCOCCNC(c1cccnc1)c1nnnn1-c1ccc(Cl)cc1F. The summed E-state index contributed by atoms with van der Waals surface area (Å²) in [5.74, 6) is -0.0972. The van der Waals surface area contributed by atoms with E-state index in [4.69, 9.17) is 21.1 Å². The second kappa shape index (κ2) is 10.2. The van der Waals surface area contributed by atoms with Gasteiger partial charge in [0, 0.05) is 31.1 Å². The first-order valence-electron chi connectivity index (χ1n) is 8.64. The summed E-state index contributed by atoms with van der Waals surface area (Å²) >= 11 is 5.85. The topological polar surface area (TPSA) is 87.0 Å². The highest BCUT2D eigenvalue weighted by molar-refractivity contribution is 6.30. The highest BCUT2D eigenvalue weighted by Gasteiger charge is 2.23. The molecule has 8 nitrogen and oxygen atoms in total. The lowest BCUT2D eigenvalue weighted by Crippen LogP contribution is -2.29. The number of nitrogens with one attached hydrogen (secondary N) is 1. The van der Waals surface area contributed by atoms with E-state index in [1.165, 1.54) is 16.8 Å². The van der Waals surface area contributed by atoms with Gasteiger partial charge in [-0.2, -0.15) is 4.68 Å². The molecule has 0 aliphatic heterocycles. The van der Waals surface area contributed by atoms with Gasteiger partial charge in [-0.1, -0.05) is 17.7 Å². The van der Waals surface area contributed by atoms with Gasteiger partial charge in [-0.15, -0.1) is 5.10 Å². The second-order valence-electron chi connectivity index (χ2n) is 5.82. The van der Waals surface area contributed by atoms with E-state index in [0.717, 1.165) is 5.56 Å². The molecule has 1 unspecified atom stereocenters. The zero-order chi connectivity index (χ0) is 19.8. The second-order valence-corrected chi connectivity index (χ2v) is 6.26. The number of benzene rings is 1. The third kappa shape index (κ3) is 5.08. The van der Waals surface area contributed by atoms with Crippen LogP contribution in [0.2, 0.25) is 5.02 Å². The van der Waals surface area contributed by atoms with Crippen molar-refractivity contribution >= 4 is 11.6 Å². The molecule has 1 aromatic carbocycles. The molecule has 0 saturated carbocycles. The zero-order valence-corrected chi connectivity index (χ0v) is 16.0. The van der Waals surface area contributed by atoms with E-state index in [1.54, 1.807) is 25.6 Å². The number of rotatable bonds is 10. The monoisotopic (exact) mass is 406 g/mol. The standard InChI is InChI=1S/C18H20ClFN6O2/c1-27-9-10-28-8-7-22-17(13-3-2-6-21-12-13)18-23-24-25-26(18)16-5-4-14(19)11-15(16)20/h2-6,11-12,17,22H,7-10H2,1H3. The Hall–Kier alpha value is -2.46. The highest BCUT2D eigenvalue weighted by Crippen LogP contribution is 2.24. The third-order valence-corrected chi connectivity index (χ3v) is 4.17. The van der Waals surface area contributed by atoms with Crippen molar-refractivity contribution in [2.75, 3.05) is 33.5 Å². The minimum atomic E-state index is -0.520. The minimum absolute atomic E-state index is 0.205. The molecule has 3 aromatic rings. The molecule has 3 rings (SSSR count). The molecular weight excluding hydrogens is 387 g/mol. The Bertz CT molecular complexity index is 880. The quantitative estimate of drug-likeness (QED) is 0.516. The molecule has 2 aromatic heterocycles. The lowest BCUT2D eigenvalue weighted by Gasteiger charge is -2.18. The maximum absolute atomic E-state index is 14.4. The fraction of sp³-hybridized carbons (Fsp3) is 0.333. The third-order valence-electron chi connectivity index (χ3n) is 3.93. The molecule has 10 heteroatoms. The molecule has 0 spiro atoms. The molecule has 0 aliphatic rings. The maximum atomic E-state index is 14.4. The van der Waals surface area contributed by atoms with Crippen LogP contribution < -0.4 is 5.32 Å². The average molecular weight is 407 g/mol. The van der Waals surface area contributed by atoms with Crippen molar-refractivity contribution in [3.8, 4) is 5.69 Å². The Balaban J connectivity index is 1.84. The molecule has 0 amide bonds. The molecule has 1 N–H and O–H groups in total. The lowest BCUT2D eigenvalue weighted by molar-refractivity contribution is 0.0713. The van der Waals surface area contributed by atoms with Gasteiger partial charge in [0.1, 0.15) is 11.5 Å². The molecule has 0 radical (unpaired) electrons. The lowest BCUT2D eigenvalue weighted by atomic mass is 10.1. The number of halogens is 2. The van der Waals surface area contributed by atoms with Gasteiger partial charge < -0.3 is 14.8 Å². The normalized spacial score (nSPS) is 12.2. The number of tetrazole rings is 1. The Kier molecular flexibility index (Phi) is 7.38. The molecule has 0 fully saturated rings. The molecule has 148 valence electrons. The average Bonchev–Trinajstić information content (AvgIpc) is 3.17. The van der Waals surface area contributed by atoms with Crippen molar-refractivity contribution in [1.29, 1.82) is 0 Å². The van der Waals surface area contributed by atoms with E-state index in [0.29, 0.717) is 37.2 Å². The van der Waals surface area contributed by atoms with E-state index >= 15 is 0 Å². The number of pyridine rings is 1. The van der Waals surface area contributed by atoms with Crippen LogP contribution in [0.15, 0.2) is 42.7 Å². The van der Waals surface area contributed by atoms with Crippen LogP contribution in [0.4, 0.5) is 4.39 Å². The van der Waals surface area contributed by atoms with Crippen molar-refractivity contribution in [2.45, 2.75) is 6.04 Å². The van der Waals surface area contributed by atoms with Crippen molar-refractivity contribution in [2.24, 2.45) is 0 Å². The predicted octanol–water partition coefficient (Wildman–Crippen LogP) is 2.19. The number of methoxy groups -OCH3 is 1. The van der Waals surface area contributed by atoms with Gasteiger partial charge >= 0.3 is 0 Å². The summed E-state index contributed by atoms with van der Waals surface area (Å²) in [5.41, 5.74) is 1.04. The van der Waals surface area contributed by atoms with Gasteiger partial charge in [0.2, 0.25) is 0 Å². The van der Waals surface area contributed by atoms with Crippen LogP contribution in [0.3, 0.4) is 0 Å². The van der Waals surface area contributed by atoms with Crippen LogP contribution >= 0.6 is 11.6 Å². The summed E-state index contributed by atoms with van der Waals surface area (Å²) < 4.78 is 26.2. The minimum Gasteiger partial charge on any atom is -0.382 e. The van der Waals surface area contributed by atoms with Crippen molar-refractivity contribution in [3.63, 3.8) is 0 Å². The summed E-state index contributed by atoms with van der Waals surface area (Å²) in [6, 6.07) is 7.64. The summed E-state index contributed by atoms with van der Waals surface area (Å²) in [6.07, 6.45) is 3.39. The Morgan fingerprint density at radius 3 is 2.89 bits per heavy atom. The Labute approximate surface area is 166 Å². The van der Waals surface area contributed by atoms with E-state index in [-0.39, 0.29) is 5.69 Å². The van der Waals surface area contributed by atoms with Crippen molar-refractivity contribution in [1.82, 2.24) is 30.5 Å². The molecule has 1 atom stereocenters. The van der Waals surface area contributed by atoms with E-state index in [9.17, 15) is 4.39 Å². The van der Waals surface area contributed by atoms with Crippen LogP contribution in [0.5, 0.6) is 0 Å². The van der Waals surface area contributed by atoms with Gasteiger partial charge in [-0.05, 0) is 40.3 Å². The zero-order valence-electron chi connectivity index (χ0n) is 15.3. The van der Waals surface area contributed by atoms with Crippen LogP contribution in [0.1, 0.15) is 17.4 Å². The molecule has 28 heavy (non-hydrogen) atoms. The van der Waals surface area contributed by atoms with Crippen LogP contribution in [0.25, 0.3) is 5.69 Å². The fourth-order valence-corrected chi connectivity index (χ4v) is 2.78. The fourth-order valence-electron chi connectivity index (χ4n) is 2.62. The summed E-state index contributed by atoms with van der Waals surface area (Å²) in [6.45, 7) is 2.03. The van der Waals surface area contributed by atoms with Crippen molar-refractivity contribution < 1.29 is 13.9 Å². The molecule has 0 aliphatic carbocycles. The predicted molar refractivity (Wildman–Crippen MR) is 101 cm³/mol. The first-order valence-corrected chi connectivity index (χ1v) is 9.02. The van der Waals surface area contributed by atoms with Gasteiger partial charge in [-0.25, -0.2) is 4.39 Å². The van der Waals surface area contributed by atoms with Gasteiger partial charge in [0.25, 0.3) is 0 Å². The number of ether oxygens (including phenoxy) is 2. The van der Waals surface area contributed by atoms with Gasteiger partial charge in [0.15, 0.2) is 5.82 Å². The summed E-state index contributed by atoms with van der Waals surface area (Å²) in [4.78, 5) is 4.16. The van der Waals surface area contributed by atoms with Gasteiger partial charge in [0.05, 0.1) is 25.9 Å². The van der Waals surface area contributed by atoms with Crippen LogP contribution in [0, 0.1) is 5.82 Å². The number of nitrogens with zero attached hydrogens (tertiary/aromatic N) is 5. The molecular formula is C18H20ClFN6O2. The largest absolute Gasteiger partial charge is 0.382 e. The Morgan fingerprint density at radius 2 is 2.14 bits per heavy atom. The summed E-state index contributed by atoms with van der Waals surface area (Å²) in [5, 5.41) is 15.4. The maximum Gasteiger partial charge on any atom is 0.178 e. The first-order chi connectivity index (χ1) is 13.7. The highest BCUT2D eigenvalue weighted by atomic mass is 35.5.